The third-order valence-electron chi connectivity index (χ3n) is 3.85. The molecule has 1 aliphatic carbocycles. The molecule has 114 valence electrons. The van der Waals surface area contributed by atoms with Crippen molar-refractivity contribution in [1.29, 1.82) is 0 Å². The fraction of sp³-hybridized carbons (Fsp3) is 0.125. The molecule has 1 aliphatic rings. The van der Waals surface area contributed by atoms with Gasteiger partial charge in [-0.15, -0.1) is 0 Å². The zero-order valence-corrected chi connectivity index (χ0v) is 12.6. The number of nitrogens with one attached hydrogen (secondary N) is 2. The van der Waals surface area contributed by atoms with Crippen molar-refractivity contribution < 1.29 is 4.79 Å². The van der Waals surface area contributed by atoms with Crippen LogP contribution < -0.4 is 10.9 Å². The van der Waals surface area contributed by atoms with Gasteiger partial charge in [-0.3, -0.25) is 14.6 Å². The summed E-state index contributed by atoms with van der Waals surface area (Å²) in [5.74, 6) is 0.318. The van der Waals surface area contributed by atoms with E-state index in [1.807, 2.05) is 0 Å². The Kier molecular flexibility index (Phi) is 3.12. The number of rotatable bonds is 2. The van der Waals surface area contributed by atoms with Gasteiger partial charge in [-0.2, -0.15) is 4.98 Å². The second kappa shape index (κ2) is 5.17. The Morgan fingerprint density at radius 1 is 1.13 bits per heavy atom. The van der Waals surface area contributed by atoms with Crippen LogP contribution in [0.3, 0.4) is 0 Å². The summed E-state index contributed by atoms with van der Waals surface area (Å²) in [7, 11) is 0. The molecule has 0 saturated heterocycles. The summed E-state index contributed by atoms with van der Waals surface area (Å²) in [5, 5.41) is 4.03. The van der Waals surface area contributed by atoms with Crippen molar-refractivity contribution in [3.8, 4) is 0 Å². The van der Waals surface area contributed by atoms with Crippen LogP contribution in [0.25, 0.3) is 11.0 Å². The average Bonchev–Trinajstić information content (AvgIpc) is 2.91. The molecule has 7 heteroatoms. The highest BCUT2D eigenvalue weighted by Crippen LogP contribution is 2.26. The van der Waals surface area contributed by atoms with E-state index in [2.05, 4.69) is 20.3 Å². The van der Waals surface area contributed by atoms with Crippen LogP contribution in [0.15, 0.2) is 35.3 Å². The minimum Gasteiger partial charge on any atom is -0.326 e. The molecule has 23 heavy (non-hydrogen) atoms. The van der Waals surface area contributed by atoms with E-state index in [4.69, 9.17) is 11.6 Å². The molecular formula is C16H11ClN4O2. The fourth-order valence-electron chi connectivity index (χ4n) is 2.77. The van der Waals surface area contributed by atoms with Crippen LogP contribution in [-0.4, -0.2) is 20.7 Å². The Morgan fingerprint density at radius 3 is 2.70 bits per heavy atom. The molecule has 0 unspecified atom stereocenters. The molecule has 0 amide bonds. The summed E-state index contributed by atoms with van der Waals surface area (Å²) in [4.78, 5) is 35.4. The van der Waals surface area contributed by atoms with Crippen LogP contribution in [0.1, 0.15) is 22.3 Å². The molecule has 0 aliphatic heterocycles. The molecule has 0 bridgehead atoms. The molecule has 1 aromatic carbocycles. The maximum atomic E-state index is 12.4. The van der Waals surface area contributed by atoms with Gasteiger partial charge < -0.3 is 5.32 Å². The summed E-state index contributed by atoms with van der Waals surface area (Å²) in [6, 6.07) is 7.03. The molecule has 3 aromatic rings. The summed E-state index contributed by atoms with van der Waals surface area (Å²) in [6.07, 6.45) is 2.48. The van der Waals surface area contributed by atoms with E-state index >= 15 is 0 Å². The van der Waals surface area contributed by atoms with Gasteiger partial charge in [0.25, 0.3) is 5.56 Å². The number of nitrogens with zero attached hydrogens (tertiary/aromatic N) is 2. The van der Waals surface area contributed by atoms with Gasteiger partial charge in [-0.1, -0.05) is 11.6 Å². The number of benzene rings is 1. The van der Waals surface area contributed by atoms with Gasteiger partial charge in [-0.25, -0.2) is 4.98 Å². The molecule has 0 spiro atoms. The Bertz CT molecular complexity index is 995. The van der Waals surface area contributed by atoms with E-state index in [-0.39, 0.29) is 11.3 Å². The first-order valence-corrected chi connectivity index (χ1v) is 7.47. The maximum absolute atomic E-state index is 12.4. The zero-order chi connectivity index (χ0) is 16.0. The lowest BCUT2D eigenvalue weighted by atomic mass is 10.1. The number of carbonyl (C=O) groups is 1. The third-order valence-corrected chi connectivity index (χ3v) is 4.10. The normalized spacial score (nSPS) is 13.3. The minimum absolute atomic E-state index is 0.0252. The van der Waals surface area contributed by atoms with Gasteiger partial charge in [0.2, 0.25) is 5.95 Å². The first-order chi connectivity index (χ1) is 11.1. The lowest BCUT2D eigenvalue weighted by molar-refractivity contribution is 0.0994. The predicted octanol–water partition coefficient (Wildman–Crippen LogP) is 2.84. The van der Waals surface area contributed by atoms with Crippen LogP contribution in [-0.2, 0) is 6.42 Å². The highest BCUT2D eigenvalue weighted by Gasteiger charge is 2.24. The first kappa shape index (κ1) is 13.9. The minimum atomic E-state index is -0.300. The predicted molar refractivity (Wildman–Crippen MR) is 87.5 cm³/mol. The van der Waals surface area contributed by atoms with E-state index in [9.17, 15) is 9.59 Å². The Morgan fingerprint density at radius 2 is 1.91 bits per heavy atom. The number of hydrogen-bond donors (Lipinski definition) is 2. The monoisotopic (exact) mass is 326 g/mol. The zero-order valence-electron chi connectivity index (χ0n) is 11.9. The van der Waals surface area contributed by atoms with Gasteiger partial charge in [0.05, 0.1) is 5.39 Å². The maximum Gasteiger partial charge on any atom is 0.262 e. The lowest BCUT2D eigenvalue weighted by Crippen LogP contribution is -2.14. The van der Waals surface area contributed by atoms with Gasteiger partial charge in [0.1, 0.15) is 0 Å². The van der Waals surface area contributed by atoms with Gasteiger partial charge >= 0.3 is 0 Å². The van der Waals surface area contributed by atoms with Crippen molar-refractivity contribution in [2.75, 3.05) is 5.32 Å². The Balaban J connectivity index is 1.81. The van der Waals surface area contributed by atoms with E-state index in [0.717, 1.165) is 11.3 Å². The SMILES string of the molecule is O=C1CCc2c1cnc1nc(Nc3ccc(Cl)cc3)[nH]c(=O)c21. The molecule has 6 nitrogen and oxygen atoms in total. The van der Waals surface area contributed by atoms with Crippen molar-refractivity contribution >= 4 is 40.1 Å². The van der Waals surface area contributed by atoms with Crippen molar-refractivity contribution in [2.24, 2.45) is 0 Å². The number of fused-ring (bicyclic) bond motifs is 3. The largest absolute Gasteiger partial charge is 0.326 e. The molecule has 0 fully saturated rings. The van der Waals surface area contributed by atoms with Crippen molar-refractivity contribution in [1.82, 2.24) is 15.0 Å². The summed E-state index contributed by atoms with van der Waals surface area (Å²) < 4.78 is 0. The topological polar surface area (TPSA) is 87.7 Å². The number of H-pyrrole nitrogens is 1. The van der Waals surface area contributed by atoms with E-state index in [0.29, 0.717) is 40.4 Å². The number of carbonyl (C=O) groups excluding carboxylic acids is 1. The standard InChI is InChI=1S/C16H11ClN4O2/c17-8-1-3-9(4-2-8)19-16-20-14-13(15(23)21-16)10-5-6-12(22)11(10)7-18-14/h1-4,7H,5-6H2,(H2,18,19,20,21,23). The van der Waals surface area contributed by atoms with Crippen molar-refractivity contribution in [3.63, 3.8) is 0 Å². The van der Waals surface area contributed by atoms with Gasteiger partial charge in [0, 0.05) is 28.9 Å². The highest BCUT2D eigenvalue weighted by atomic mass is 35.5. The second-order valence-corrected chi connectivity index (χ2v) is 5.76. The highest BCUT2D eigenvalue weighted by molar-refractivity contribution is 6.30. The van der Waals surface area contributed by atoms with Crippen LogP contribution >= 0.6 is 11.6 Å². The number of Topliss-reactive ketones (excluding diaryl/α,β-unsaturated/α-hetero) is 1. The van der Waals surface area contributed by atoms with Crippen LogP contribution in [0.2, 0.25) is 5.02 Å². The Labute approximate surface area is 135 Å². The second-order valence-electron chi connectivity index (χ2n) is 5.32. The number of aromatic amines is 1. The Hall–Kier alpha value is -2.73. The number of pyridine rings is 1. The number of hydrogen-bond acceptors (Lipinski definition) is 5. The molecular weight excluding hydrogens is 316 g/mol. The summed E-state index contributed by atoms with van der Waals surface area (Å²) in [6.45, 7) is 0. The van der Waals surface area contributed by atoms with Crippen LogP contribution in [0.4, 0.5) is 11.6 Å². The summed E-state index contributed by atoms with van der Waals surface area (Å²) >= 11 is 5.85. The number of aromatic nitrogens is 3. The van der Waals surface area contributed by atoms with Crippen LogP contribution in [0.5, 0.6) is 0 Å². The van der Waals surface area contributed by atoms with Gasteiger partial charge in [-0.05, 0) is 36.2 Å². The molecule has 2 N–H and O–H groups in total. The number of ketones is 1. The first-order valence-electron chi connectivity index (χ1n) is 7.09. The molecule has 2 aromatic heterocycles. The van der Waals surface area contributed by atoms with Gasteiger partial charge in [0.15, 0.2) is 11.4 Å². The molecule has 0 radical (unpaired) electrons. The fourth-order valence-corrected chi connectivity index (χ4v) is 2.89. The quantitative estimate of drug-likeness (QED) is 0.756. The molecule has 0 saturated carbocycles. The lowest BCUT2D eigenvalue weighted by Gasteiger charge is -2.07. The van der Waals surface area contributed by atoms with Crippen molar-refractivity contribution in [3.05, 3.63) is 57.0 Å². The molecule has 2 heterocycles. The number of aryl methyl sites for hydroxylation is 1. The number of anilines is 2. The van der Waals surface area contributed by atoms with E-state index in [1.165, 1.54) is 6.20 Å². The molecule has 0 atom stereocenters. The van der Waals surface area contributed by atoms with E-state index < -0.39 is 0 Å². The number of halogens is 1. The third kappa shape index (κ3) is 2.37. The summed E-state index contributed by atoms with van der Waals surface area (Å²) in [5.41, 5.74) is 2.05. The smallest absolute Gasteiger partial charge is 0.262 e. The molecule has 4 rings (SSSR count). The van der Waals surface area contributed by atoms with Crippen LogP contribution in [0, 0.1) is 0 Å². The van der Waals surface area contributed by atoms with Crippen molar-refractivity contribution in [2.45, 2.75) is 12.8 Å². The van der Waals surface area contributed by atoms with E-state index in [1.54, 1.807) is 24.3 Å². The average molecular weight is 327 g/mol.